The van der Waals surface area contributed by atoms with Crippen LogP contribution in [0, 0.1) is 6.92 Å². The summed E-state index contributed by atoms with van der Waals surface area (Å²) in [7, 11) is 1.23. The first-order chi connectivity index (χ1) is 15.9. The highest BCUT2D eigenvalue weighted by atomic mass is 16.6. The van der Waals surface area contributed by atoms with E-state index in [1.165, 1.54) is 12.0 Å². The van der Waals surface area contributed by atoms with Crippen LogP contribution in [0.3, 0.4) is 0 Å². The molecule has 0 saturated heterocycles. The van der Waals surface area contributed by atoms with E-state index in [1.807, 2.05) is 26.0 Å². The van der Waals surface area contributed by atoms with Gasteiger partial charge in [0.2, 0.25) is 11.8 Å². The molecule has 9 heteroatoms. The van der Waals surface area contributed by atoms with Crippen LogP contribution in [0.25, 0.3) is 0 Å². The molecular formula is C25H39N3O6. The van der Waals surface area contributed by atoms with E-state index in [9.17, 15) is 19.2 Å². The summed E-state index contributed by atoms with van der Waals surface area (Å²) in [6, 6.07) is 5.35. The van der Waals surface area contributed by atoms with E-state index >= 15 is 0 Å². The number of hydrogen-bond donors (Lipinski definition) is 2. The second-order valence-electron chi connectivity index (χ2n) is 9.21. The summed E-state index contributed by atoms with van der Waals surface area (Å²) in [5, 5.41) is 5.13. The van der Waals surface area contributed by atoms with Gasteiger partial charge in [-0.3, -0.25) is 14.4 Å². The third-order valence-electron chi connectivity index (χ3n) is 4.98. The molecule has 0 radical (unpaired) electrons. The summed E-state index contributed by atoms with van der Waals surface area (Å²) in [5.41, 5.74) is 0.884. The molecule has 9 nitrogen and oxygen atoms in total. The van der Waals surface area contributed by atoms with Crippen LogP contribution in [-0.2, 0) is 23.9 Å². The molecule has 2 atom stereocenters. The van der Waals surface area contributed by atoms with Crippen LogP contribution in [0.5, 0.6) is 0 Å². The predicted molar refractivity (Wildman–Crippen MR) is 129 cm³/mol. The van der Waals surface area contributed by atoms with Crippen molar-refractivity contribution in [2.24, 2.45) is 0 Å². The molecule has 0 spiro atoms. The van der Waals surface area contributed by atoms with E-state index in [0.717, 1.165) is 18.4 Å². The lowest BCUT2D eigenvalue weighted by molar-refractivity contribution is -0.144. The number of benzene rings is 1. The normalized spacial score (nSPS) is 12.8. The zero-order valence-corrected chi connectivity index (χ0v) is 21.4. The predicted octanol–water partition coefficient (Wildman–Crippen LogP) is 3.26. The maximum atomic E-state index is 13.5. The van der Waals surface area contributed by atoms with Crippen LogP contribution in [0.15, 0.2) is 24.3 Å². The lowest BCUT2D eigenvalue weighted by atomic mass is 10.0. The smallest absolute Gasteiger partial charge is 0.408 e. The minimum atomic E-state index is -0.988. The van der Waals surface area contributed by atoms with Gasteiger partial charge in [0, 0.05) is 6.54 Å². The number of methoxy groups -OCH3 is 1. The van der Waals surface area contributed by atoms with Crippen LogP contribution in [0.1, 0.15) is 71.0 Å². The molecule has 34 heavy (non-hydrogen) atoms. The maximum absolute atomic E-state index is 13.5. The fraction of sp³-hybridized carbons (Fsp3) is 0.600. The lowest BCUT2D eigenvalue weighted by Crippen LogP contribution is -2.52. The minimum absolute atomic E-state index is 0.303. The van der Waals surface area contributed by atoms with Crippen molar-refractivity contribution in [1.29, 1.82) is 0 Å². The number of hydrogen-bond acceptors (Lipinski definition) is 6. The Morgan fingerprint density at radius 2 is 1.68 bits per heavy atom. The van der Waals surface area contributed by atoms with Gasteiger partial charge in [0.05, 0.1) is 7.11 Å². The number of amides is 3. The topological polar surface area (TPSA) is 114 Å². The van der Waals surface area contributed by atoms with E-state index in [4.69, 9.17) is 4.74 Å². The number of rotatable bonds is 11. The number of unbranched alkanes of at least 4 members (excludes halogenated alkanes) is 2. The fourth-order valence-electron chi connectivity index (χ4n) is 3.24. The van der Waals surface area contributed by atoms with Gasteiger partial charge in [0.1, 0.15) is 24.2 Å². The zero-order chi connectivity index (χ0) is 25.9. The molecule has 0 saturated carbocycles. The molecular weight excluding hydrogens is 438 g/mol. The molecule has 0 aromatic heterocycles. The van der Waals surface area contributed by atoms with Crippen LogP contribution in [0.4, 0.5) is 4.79 Å². The highest BCUT2D eigenvalue weighted by Gasteiger charge is 2.34. The fourth-order valence-corrected chi connectivity index (χ4v) is 3.24. The summed E-state index contributed by atoms with van der Waals surface area (Å²) < 4.78 is 9.88. The SMILES string of the molecule is CCCCCN(C(=O)C(C)NC(=O)OC(C)(C)C)C(C(=O)NCC(=O)OC)c1ccc(C)cc1. The molecule has 0 aliphatic heterocycles. The van der Waals surface area contributed by atoms with Gasteiger partial charge in [0.15, 0.2) is 0 Å². The molecule has 0 fully saturated rings. The van der Waals surface area contributed by atoms with Crippen molar-refractivity contribution < 1.29 is 28.7 Å². The van der Waals surface area contributed by atoms with Gasteiger partial charge >= 0.3 is 12.1 Å². The van der Waals surface area contributed by atoms with Gasteiger partial charge in [-0.2, -0.15) is 0 Å². The first-order valence-electron chi connectivity index (χ1n) is 11.6. The number of carbonyl (C=O) groups is 4. The van der Waals surface area contributed by atoms with Crippen LogP contribution >= 0.6 is 0 Å². The second-order valence-corrected chi connectivity index (χ2v) is 9.21. The van der Waals surface area contributed by atoms with Gasteiger partial charge in [0.25, 0.3) is 0 Å². The Bertz CT molecular complexity index is 832. The molecule has 2 unspecified atom stereocenters. The molecule has 0 aliphatic carbocycles. The highest BCUT2D eigenvalue weighted by molar-refractivity contribution is 5.93. The van der Waals surface area contributed by atoms with Gasteiger partial charge < -0.3 is 25.0 Å². The molecule has 2 N–H and O–H groups in total. The third kappa shape index (κ3) is 9.80. The Hall–Kier alpha value is -3.10. The van der Waals surface area contributed by atoms with Crippen molar-refractivity contribution in [2.45, 2.75) is 78.5 Å². The number of nitrogens with zero attached hydrogens (tertiary/aromatic N) is 1. The average molecular weight is 478 g/mol. The Balaban J connectivity index is 3.27. The van der Waals surface area contributed by atoms with Crippen molar-refractivity contribution >= 4 is 23.9 Å². The summed E-state index contributed by atoms with van der Waals surface area (Å²) in [4.78, 5) is 52.0. The summed E-state index contributed by atoms with van der Waals surface area (Å²) in [5.74, 6) is -1.54. The van der Waals surface area contributed by atoms with Crippen molar-refractivity contribution in [1.82, 2.24) is 15.5 Å². The number of alkyl carbamates (subject to hydrolysis) is 1. The number of ether oxygens (including phenoxy) is 2. The number of carbonyl (C=O) groups excluding carboxylic acids is 4. The van der Waals surface area contributed by atoms with E-state index in [1.54, 1.807) is 39.8 Å². The largest absolute Gasteiger partial charge is 0.468 e. The van der Waals surface area contributed by atoms with Crippen molar-refractivity contribution in [3.63, 3.8) is 0 Å². The second kappa shape index (κ2) is 13.6. The van der Waals surface area contributed by atoms with E-state index in [-0.39, 0.29) is 6.54 Å². The van der Waals surface area contributed by atoms with Gasteiger partial charge in [-0.1, -0.05) is 49.6 Å². The minimum Gasteiger partial charge on any atom is -0.468 e. The molecule has 0 heterocycles. The van der Waals surface area contributed by atoms with Gasteiger partial charge in [-0.15, -0.1) is 0 Å². The first-order valence-corrected chi connectivity index (χ1v) is 11.6. The van der Waals surface area contributed by atoms with Crippen molar-refractivity contribution in [3.8, 4) is 0 Å². The van der Waals surface area contributed by atoms with Gasteiger partial charge in [-0.25, -0.2) is 4.79 Å². The molecule has 3 amide bonds. The summed E-state index contributed by atoms with van der Waals surface area (Å²) in [6.45, 7) is 10.7. The molecule has 0 bridgehead atoms. The van der Waals surface area contributed by atoms with Crippen LogP contribution in [-0.4, -0.2) is 60.6 Å². The van der Waals surface area contributed by atoms with Crippen LogP contribution < -0.4 is 10.6 Å². The number of esters is 1. The Kier molecular flexibility index (Phi) is 11.5. The zero-order valence-electron chi connectivity index (χ0n) is 21.4. The average Bonchev–Trinajstić information content (AvgIpc) is 2.75. The standard InChI is InChI=1S/C25H39N3O6/c1-8-9-10-15-28(23(31)18(3)27-24(32)34-25(4,5)6)21(19-13-11-17(2)12-14-19)22(30)26-16-20(29)33-7/h11-14,18,21H,8-10,15-16H2,1-7H3,(H,26,30)(H,27,32). The van der Waals surface area contributed by atoms with Gasteiger partial charge in [-0.05, 0) is 46.6 Å². The van der Waals surface area contributed by atoms with Crippen molar-refractivity contribution in [2.75, 3.05) is 20.2 Å². The molecule has 190 valence electrons. The third-order valence-corrected chi connectivity index (χ3v) is 4.98. The molecule has 1 aromatic carbocycles. The van der Waals surface area contributed by atoms with E-state index < -0.39 is 41.6 Å². The number of aryl methyl sites for hydroxylation is 1. The maximum Gasteiger partial charge on any atom is 0.408 e. The monoisotopic (exact) mass is 477 g/mol. The van der Waals surface area contributed by atoms with E-state index in [2.05, 4.69) is 15.4 Å². The summed E-state index contributed by atoms with van der Waals surface area (Å²) >= 11 is 0. The summed E-state index contributed by atoms with van der Waals surface area (Å²) in [6.07, 6.45) is 1.75. The molecule has 1 aromatic rings. The quantitative estimate of drug-likeness (QED) is 0.374. The lowest BCUT2D eigenvalue weighted by Gasteiger charge is -2.33. The Morgan fingerprint density at radius 3 is 2.21 bits per heavy atom. The Labute approximate surface area is 202 Å². The number of nitrogens with one attached hydrogen (secondary N) is 2. The molecule has 0 aliphatic rings. The highest BCUT2D eigenvalue weighted by Crippen LogP contribution is 2.24. The van der Waals surface area contributed by atoms with E-state index in [0.29, 0.717) is 18.5 Å². The molecule has 1 rings (SSSR count). The van der Waals surface area contributed by atoms with Crippen molar-refractivity contribution in [3.05, 3.63) is 35.4 Å². The first kappa shape index (κ1) is 28.9. The Morgan fingerprint density at radius 1 is 1.06 bits per heavy atom. The van der Waals surface area contributed by atoms with Crippen LogP contribution in [0.2, 0.25) is 0 Å².